The fraction of sp³-hybridized carbons (Fsp3) is 0.100. The Morgan fingerprint density at radius 1 is 1.50 bits per heavy atom. The SMILES string of the molecule is COc1cccc(/C=C\C(=O)N=O)c1. The third-order valence-electron chi connectivity index (χ3n) is 1.60. The maximum Gasteiger partial charge on any atom is 0.309 e. The van der Waals surface area contributed by atoms with Crippen LogP contribution < -0.4 is 4.74 Å². The molecular formula is C10H9NO3. The molecule has 0 radical (unpaired) electrons. The van der Waals surface area contributed by atoms with Gasteiger partial charge in [0, 0.05) is 11.3 Å². The molecule has 1 amide bonds. The Morgan fingerprint density at radius 2 is 2.29 bits per heavy atom. The third-order valence-corrected chi connectivity index (χ3v) is 1.60. The lowest BCUT2D eigenvalue weighted by Gasteiger charge is -1.99. The molecule has 14 heavy (non-hydrogen) atoms. The van der Waals surface area contributed by atoms with E-state index < -0.39 is 5.91 Å². The van der Waals surface area contributed by atoms with Gasteiger partial charge in [-0.25, -0.2) is 0 Å². The second-order valence-corrected chi connectivity index (χ2v) is 2.54. The number of methoxy groups -OCH3 is 1. The first-order valence-corrected chi connectivity index (χ1v) is 3.95. The number of hydrogen-bond acceptors (Lipinski definition) is 3. The molecule has 0 bridgehead atoms. The number of ether oxygens (including phenoxy) is 1. The minimum atomic E-state index is -0.798. The van der Waals surface area contributed by atoms with E-state index in [2.05, 4.69) is 5.18 Å². The maximum atomic E-state index is 10.5. The van der Waals surface area contributed by atoms with Gasteiger partial charge in [-0.1, -0.05) is 12.1 Å². The summed E-state index contributed by atoms with van der Waals surface area (Å²) in [5.41, 5.74) is 0.779. The normalized spacial score (nSPS) is 10.1. The van der Waals surface area contributed by atoms with E-state index in [0.717, 1.165) is 11.6 Å². The zero-order chi connectivity index (χ0) is 10.4. The van der Waals surface area contributed by atoms with Crippen molar-refractivity contribution in [2.24, 2.45) is 5.18 Å². The zero-order valence-corrected chi connectivity index (χ0v) is 7.64. The topological polar surface area (TPSA) is 55.7 Å². The maximum absolute atomic E-state index is 10.5. The monoisotopic (exact) mass is 191 g/mol. The molecule has 0 unspecified atom stereocenters. The lowest BCUT2D eigenvalue weighted by molar-refractivity contribution is -0.113. The Kier molecular flexibility index (Phi) is 3.55. The van der Waals surface area contributed by atoms with Crippen molar-refractivity contribution in [3.63, 3.8) is 0 Å². The van der Waals surface area contributed by atoms with Crippen LogP contribution in [0.4, 0.5) is 0 Å². The second-order valence-electron chi connectivity index (χ2n) is 2.54. The van der Waals surface area contributed by atoms with Crippen molar-refractivity contribution in [2.75, 3.05) is 7.11 Å². The molecule has 0 aliphatic heterocycles. The smallest absolute Gasteiger partial charge is 0.309 e. The average molecular weight is 191 g/mol. The molecule has 0 heterocycles. The molecule has 0 saturated heterocycles. The van der Waals surface area contributed by atoms with Crippen LogP contribution in [0, 0.1) is 4.91 Å². The Labute approximate surface area is 81.2 Å². The van der Waals surface area contributed by atoms with Gasteiger partial charge in [0.05, 0.1) is 7.11 Å². The number of rotatable bonds is 3. The first kappa shape index (κ1) is 10.1. The number of nitrogens with zero attached hydrogens (tertiary/aromatic N) is 1. The van der Waals surface area contributed by atoms with Crippen LogP contribution in [0.25, 0.3) is 6.08 Å². The highest BCUT2D eigenvalue weighted by atomic mass is 16.5. The van der Waals surface area contributed by atoms with Gasteiger partial charge in [0.1, 0.15) is 5.75 Å². The van der Waals surface area contributed by atoms with E-state index >= 15 is 0 Å². The summed E-state index contributed by atoms with van der Waals surface area (Å²) in [6.07, 6.45) is 2.62. The van der Waals surface area contributed by atoms with E-state index in [1.165, 1.54) is 6.08 Å². The van der Waals surface area contributed by atoms with Crippen molar-refractivity contribution in [3.8, 4) is 5.75 Å². The van der Waals surface area contributed by atoms with E-state index in [1.54, 1.807) is 31.4 Å². The Hall–Kier alpha value is -1.97. The van der Waals surface area contributed by atoms with Crippen LogP contribution in [-0.2, 0) is 4.79 Å². The van der Waals surface area contributed by atoms with E-state index in [1.807, 2.05) is 0 Å². The molecule has 1 rings (SSSR count). The minimum Gasteiger partial charge on any atom is -0.497 e. The number of benzene rings is 1. The van der Waals surface area contributed by atoms with E-state index in [9.17, 15) is 9.70 Å². The summed E-state index contributed by atoms with van der Waals surface area (Å²) < 4.78 is 4.98. The highest BCUT2D eigenvalue weighted by Crippen LogP contribution is 2.13. The largest absolute Gasteiger partial charge is 0.497 e. The summed E-state index contributed by atoms with van der Waals surface area (Å²) in [7, 11) is 1.56. The summed E-state index contributed by atoms with van der Waals surface area (Å²) in [5.74, 6) is -0.105. The molecule has 0 aromatic heterocycles. The van der Waals surface area contributed by atoms with Crippen molar-refractivity contribution in [3.05, 3.63) is 40.8 Å². The molecule has 0 aliphatic rings. The third kappa shape index (κ3) is 2.82. The quantitative estimate of drug-likeness (QED) is 0.542. The van der Waals surface area contributed by atoms with Crippen LogP contribution in [-0.4, -0.2) is 13.0 Å². The molecule has 1 aromatic rings. The minimum absolute atomic E-state index is 0.693. The summed E-state index contributed by atoms with van der Waals surface area (Å²) in [4.78, 5) is 20.3. The second kappa shape index (κ2) is 4.91. The summed E-state index contributed by atoms with van der Waals surface area (Å²) >= 11 is 0. The van der Waals surface area contributed by atoms with Crippen LogP contribution in [0.5, 0.6) is 5.75 Å². The summed E-state index contributed by atoms with van der Waals surface area (Å²) in [6.45, 7) is 0. The number of hydrogen-bond donors (Lipinski definition) is 0. The van der Waals surface area contributed by atoms with Gasteiger partial charge in [-0.2, -0.15) is 0 Å². The first-order valence-electron chi connectivity index (χ1n) is 3.95. The molecular weight excluding hydrogens is 182 g/mol. The molecule has 0 atom stereocenters. The van der Waals surface area contributed by atoms with Crippen molar-refractivity contribution in [1.82, 2.24) is 0 Å². The van der Waals surface area contributed by atoms with E-state index in [0.29, 0.717) is 5.75 Å². The number of nitroso groups, excluding NO2 is 1. The predicted molar refractivity (Wildman–Crippen MR) is 52.8 cm³/mol. The highest BCUT2D eigenvalue weighted by Gasteiger charge is 1.94. The summed E-state index contributed by atoms with van der Waals surface area (Å²) in [6, 6.07) is 7.11. The van der Waals surface area contributed by atoms with Crippen LogP contribution in [0.1, 0.15) is 5.56 Å². The molecule has 0 spiro atoms. The lowest BCUT2D eigenvalue weighted by Crippen LogP contribution is -1.84. The Bertz CT molecular complexity index is 371. The van der Waals surface area contributed by atoms with E-state index in [4.69, 9.17) is 4.74 Å². The van der Waals surface area contributed by atoms with Crippen molar-refractivity contribution in [2.45, 2.75) is 0 Å². The fourth-order valence-electron chi connectivity index (χ4n) is 0.943. The van der Waals surface area contributed by atoms with Gasteiger partial charge < -0.3 is 4.74 Å². The molecule has 72 valence electrons. The van der Waals surface area contributed by atoms with Crippen LogP contribution >= 0.6 is 0 Å². The lowest BCUT2D eigenvalue weighted by atomic mass is 10.2. The standard InChI is InChI=1S/C10H9NO3/c1-14-9-4-2-3-8(7-9)5-6-10(12)11-13/h2-7H,1H3/b6-5-. The molecule has 4 nitrogen and oxygen atoms in total. The van der Waals surface area contributed by atoms with Crippen molar-refractivity contribution >= 4 is 12.0 Å². The molecule has 0 saturated carbocycles. The number of carbonyl (C=O) groups is 1. The molecule has 1 aromatic carbocycles. The van der Waals surface area contributed by atoms with Crippen LogP contribution in [0.2, 0.25) is 0 Å². The van der Waals surface area contributed by atoms with Gasteiger partial charge in [-0.15, -0.1) is 4.91 Å². The summed E-state index contributed by atoms with van der Waals surface area (Å²) in [5, 5.41) is 2.24. The van der Waals surface area contributed by atoms with Gasteiger partial charge in [0.15, 0.2) is 0 Å². The van der Waals surface area contributed by atoms with Gasteiger partial charge in [0.2, 0.25) is 0 Å². The fourth-order valence-corrected chi connectivity index (χ4v) is 0.943. The predicted octanol–water partition coefficient (Wildman–Crippen LogP) is 2.00. The van der Waals surface area contributed by atoms with E-state index in [-0.39, 0.29) is 0 Å². The Morgan fingerprint density at radius 3 is 2.93 bits per heavy atom. The number of carbonyl (C=O) groups excluding carboxylic acids is 1. The van der Waals surface area contributed by atoms with Crippen LogP contribution in [0.15, 0.2) is 35.5 Å². The molecule has 0 N–H and O–H groups in total. The average Bonchev–Trinajstić information content (AvgIpc) is 2.26. The number of amides is 1. The molecule has 0 fully saturated rings. The highest BCUT2D eigenvalue weighted by molar-refractivity contribution is 5.92. The van der Waals surface area contributed by atoms with Gasteiger partial charge in [-0.05, 0) is 23.8 Å². The van der Waals surface area contributed by atoms with Gasteiger partial charge >= 0.3 is 5.91 Å². The zero-order valence-electron chi connectivity index (χ0n) is 7.64. The van der Waals surface area contributed by atoms with Crippen molar-refractivity contribution in [1.29, 1.82) is 0 Å². The first-order chi connectivity index (χ1) is 6.76. The van der Waals surface area contributed by atoms with Crippen molar-refractivity contribution < 1.29 is 9.53 Å². The van der Waals surface area contributed by atoms with Crippen LogP contribution in [0.3, 0.4) is 0 Å². The Balaban J connectivity index is 2.81. The van der Waals surface area contributed by atoms with Gasteiger partial charge in [-0.3, -0.25) is 4.79 Å². The van der Waals surface area contributed by atoms with Gasteiger partial charge in [0.25, 0.3) is 0 Å². The molecule has 4 heteroatoms. The molecule has 0 aliphatic carbocycles.